The van der Waals surface area contributed by atoms with E-state index in [0.717, 1.165) is 22.7 Å². The highest BCUT2D eigenvalue weighted by atomic mass is 79.9. The van der Waals surface area contributed by atoms with E-state index >= 15 is 0 Å². The minimum Gasteiger partial charge on any atom is -0.390 e. The molecule has 0 unspecified atom stereocenters. The van der Waals surface area contributed by atoms with Gasteiger partial charge in [-0.05, 0) is 44.2 Å². The van der Waals surface area contributed by atoms with Crippen LogP contribution in [0.2, 0.25) is 0 Å². The highest BCUT2D eigenvalue weighted by Crippen LogP contribution is 2.29. The Morgan fingerprint density at radius 1 is 1.15 bits per heavy atom. The molecule has 27 heavy (non-hydrogen) atoms. The molecular weight excluding hydrogens is 428 g/mol. The predicted molar refractivity (Wildman–Crippen MR) is 112 cm³/mol. The number of nitrogens with one attached hydrogen (secondary N) is 1. The molecule has 0 spiro atoms. The van der Waals surface area contributed by atoms with E-state index in [-0.39, 0.29) is 11.4 Å². The van der Waals surface area contributed by atoms with Gasteiger partial charge < -0.3 is 5.11 Å². The molecule has 1 fully saturated rings. The van der Waals surface area contributed by atoms with Gasteiger partial charge in [0.2, 0.25) is 10.0 Å². The molecule has 0 saturated carbocycles. The van der Waals surface area contributed by atoms with Crippen LogP contribution in [0.5, 0.6) is 0 Å². The summed E-state index contributed by atoms with van der Waals surface area (Å²) in [6.07, 6.45) is 2.70. The zero-order valence-electron chi connectivity index (χ0n) is 15.7. The lowest BCUT2D eigenvalue weighted by Crippen LogP contribution is -2.49. The lowest BCUT2D eigenvalue weighted by atomic mass is 9.97. The van der Waals surface area contributed by atoms with Crippen molar-refractivity contribution in [2.75, 3.05) is 13.1 Å². The number of likely N-dealkylation sites (tertiary alicyclic amines) is 1. The van der Waals surface area contributed by atoms with Gasteiger partial charge in [0.05, 0.1) is 11.0 Å². The second-order valence-corrected chi connectivity index (χ2v) is 10.0. The van der Waals surface area contributed by atoms with Crippen molar-refractivity contribution in [2.24, 2.45) is 0 Å². The summed E-state index contributed by atoms with van der Waals surface area (Å²) in [5, 5.41) is 11.9. The molecule has 3 atom stereocenters. The van der Waals surface area contributed by atoms with Crippen molar-refractivity contribution in [2.45, 2.75) is 56.2 Å². The zero-order valence-corrected chi connectivity index (χ0v) is 18.1. The highest BCUT2D eigenvalue weighted by molar-refractivity contribution is 9.10. The summed E-state index contributed by atoms with van der Waals surface area (Å²) in [6, 6.07) is 11.5. The first-order chi connectivity index (χ1) is 12.8. The van der Waals surface area contributed by atoms with E-state index in [2.05, 4.69) is 39.4 Å². The largest absolute Gasteiger partial charge is 0.390 e. The smallest absolute Gasteiger partial charge is 0.241 e. The van der Waals surface area contributed by atoms with E-state index in [9.17, 15) is 13.5 Å². The summed E-state index contributed by atoms with van der Waals surface area (Å²) in [6.45, 7) is 4.82. The molecule has 1 heterocycles. The van der Waals surface area contributed by atoms with Gasteiger partial charge in [0.1, 0.15) is 0 Å². The lowest BCUT2D eigenvalue weighted by molar-refractivity contribution is 0.0438. The summed E-state index contributed by atoms with van der Waals surface area (Å²) in [5.41, 5.74) is 0. The van der Waals surface area contributed by atoms with Crippen molar-refractivity contribution in [3.8, 4) is 0 Å². The number of hydrogen-bond acceptors (Lipinski definition) is 4. The Bertz CT molecular complexity index is 893. The standard InChI is InChI=1S/C20H27BrN2O3S/c1-14-6-5-7-15(2)23(14)13-16(24)12-22-27(25,26)20-11-10-19(21)17-8-3-4-9-18(17)20/h3-4,8-11,14-16,22,24H,5-7,12-13H2,1-2H3/t14-,15+,16-/m0/s1. The average Bonchev–Trinajstić information content (AvgIpc) is 2.63. The number of nitrogens with zero attached hydrogens (tertiary/aromatic N) is 1. The molecular formula is C20H27BrN2O3S. The number of β-amino-alcohol motifs (C(OH)–C–C–N with tert-alkyl or cyclic N) is 1. The van der Waals surface area contributed by atoms with Crippen LogP contribution < -0.4 is 4.72 Å². The third kappa shape index (κ3) is 4.71. The molecule has 1 aliphatic rings. The van der Waals surface area contributed by atoms with E-state index in [1.54, 1.807) is 18.2 Å². The number of aliphatic hydroxyl groups excluding tert-OH is 1. The Hall–Kier alpha value is -0.990. The third-order valence-electron chi connectivity index (χ3n) is 5.43. The Morgan fingerprint density at radius 3 is 2.44 bits per heavy atom. The van der Waals surface area contributed by atoms with Gasteiger partial charge in [0.25, 0.3) is 0 Å². The van der Waals surface area contributed by atoms with Crippen molar-refractivity contribution in [1.29, 1.82) is 0 Å². The van der Waals surface area contributed by atoms with E-state index in [4.69, 9.17) is 0 Å². The Kier molecular flexibility index (Phi) is 6.58. The van der Waals surface area contributed by atoms with Gasteiger partial charge in [-0.1, -0.05) is 46.6 Å². The van der Waals surface area contributed by atoms with Crippen LogP contribution >= 0.6 is 15.9 Å². The topological polar surface area (TPSA) is 69.6 Å². The van der Waals surface area contributed by atoms with Crippen LogP contribution in [0.3, 0.4) is 0 Å². The molecule has 3 rings (SSSR count). The van der Waals surface area contributed by atoms with Crippen LogP contribution in [-0.2, 0) is 10.0 Å². The monoisotopic (exact) mass is 454 g/mol. The number of benzene rings is 2. The highest BCUT2D eigenvalue weighted by Gasteiger charge is 2.27. The molecule has 0 aliphatic carbocycles. The van der Waals surface area contributed by atoms with Gasteiger partial charge in [-0.15, -0.1) is 0 Å². The SMILES string of the molecule is C[C@@H]1CCC[C@H](C)N1C[C@@H](O)CNS(=O)(=O)c1ccc(Br)c2ccccc12. The fourth-order valence-corrected chi connectivity index (χ4v) is 5.66. The van der Waals surface area contributed by atoms with Crippen LogP contribution in [0.15, 0.2) is 45.8 Å². The predicted octanol–water partition coefficient (Wildman–Crippen LogP) is 3.50. The molecule has 2 aromatic rings. The van der Waals surface area contributed by atoms with Crippen LogP contribution in [0.4, 0.5) is 0 Å². The summed E-state index contributed by atoms with van der Waals surface area (Å²) < 4.78 is 29.1. The average molecular weight is 455 g/mol. The maximum Gasteiger partial charge on any atom is 0.241 e. The van der Waals surface area contributed by atoms with Crippen LogP contribution in [0.1, 0.15) is 33.1 Å². The number of rotatable bonds is 6. The second kappa shape index (κ2) is 8.57. The fraction of sp³-hybridized carbons (Fsp3) is 0.500. The van der Waals surface area contributed by atoms with Crippen molar-refractivity contribution in [1.82, 2.24) is 9.62 Å². The number of halogens is 1. The Labute approximate surface area is 169 Å². The molecule has 5 nitrogen and oxygen atoms in total. The molecule has 148 valence electrons. The number of fused-ring (bicyclic) bond motifs is 1. The number of sulfonamides is 1. The number of hydrogen-bond donors (Lipinski definition) is 2. The van der Waals surface area contributed by atoms with Gasteiger partial charge in [-0.3, -0.25) is 4.90 Å². The first-order valence-corrected chi connectivity index (χ1v) is 11.7. The minimum absolute atomic E-state index is 0.00264. The summed E-state index contributed by atoms with van der Waals surface area (Å²) >= 11 is 3.47. The lowest BCUT2D eigenvalue weighted by Gasteiger charge is -2.40. The molecule has 2 N–H and O–H groups in total. The van der Waals surface area contributed by atoms with Gasteiger partial charge in [-0.25, -0.2) is 13.1 Å². The van der Waals surface area contributed by atoms with Crippen LogP contribution in [-0.4, -0.2) is 49.7 Å². The van der Waals surface area contributed by atoms with Gasteiger partial charge in [-0.2, -0.15) is 0 Å². The maximum atomic E-state index is 12.8. The van der Waals surface area contributed by atoms with E-state index in [1.165, 1.54) is 6.42 Å². The number of piperidine rings is 1. The minimum atomic E-state index is -3.72. The summed E-state index contributed by atoms with van der Waals surface area (Å²) in [5.74, 6) is 0. The summed E-state index contributed by atoms with van der Waals surface area (Å²) in [7, 11) is -3.72. The van der Waals surface area contributed by atoms with E-state index < -0.39 is 16.1 Å². The Balaban J connectivity index is 1.71. The molecule has 7 heteroatoms. The first-order valence-electron chi connectivity index (χ1n) is 9.40. The molecule has 0 aromatic heterocycles. The molecule has 1 saturated heterocycles. The fourth-order valence-electron chi connectivity index (χ4n) is 3.90. The van der Waals surface area contributed by atoms with E-state index in [0.29, 0.717) is 24.0 Å². The quantitative estimate of drug-likeness (QED) is 0.700. The van der Waals surface area contributed by atoms with Crippen LogP contribution in [0.25, 0.3) is 10.8 Å². The van der Waals surface area contributed by atoms with Crippen molar-refractivity contribution < 1.29 is 13.5 Å². The summed E-state index contributed by atoms with van der Waals surface area (Å²) in [4.78, 5) is 2.51. The first kappa shape index (κ1) is 20.7. The third-order valence-corrected chi connectivity index (χ3v) is 7.60. The van der Waals surface area contributed by atoms with Gasteiger partial charge in [0.15, 0.2) is 0 Å². The van der Waals surface area contributed by atoms with Crippen molar-refractivity contribution in [3.05, 3.63) is 40.9 Å². The second-order valence-electron chi connectivity index (χ2n) is 7.42. The zero-order chi connectivity index (χ0) is 19.6. The molecule has 2 aromatic carbocycles. The van der Waals surface area contributed by atoms with Crippen molar-refractivity contribution >= 4 is 36.7 Å². The molecule has 0 bridgehead atoms. The normalized spacial score (nSPS) is 22.8. The Morgan fingerprint density at radius 2 is 1.78 bits per heavy atom. The van der Waals surface area contributed by atoms with Gasteiger partial charge >= 0.3 is 0 Å². The molecule has 0 amide bonds. The van der Waals surface area contributed by atoms with E-state index in [1.807, 2.05) is 18.2 Å². The van der Waals surface area contributed by atoms with Gasteiger partial charge in [0, 0.05) is 35.0 Å². The molecule has 1 aliphatic heterocycles. The maximum absolute atomic E-state index is 12.8. The number of aliphatic hydroxyl groups is 1. The van der Waals surface area contributed by atoms with Crippen LogP contribution in [0, 0.1) is 0 Å². The molecule has 0 radical (unpaired) electrons. The van der Waals surface area contributed by atoms with Crippen molar-refractivity contribution in [3.63, 3.8) is 0 Å².